The van der Waals surface area contributed by atoms with Crippen molar-refractivity contribution in [3.8, 4) is 0 Å². The molecule has 2 aromatic carbocycles. The molecule has 1 heterocycles. The molecule has 1 N–H and O–H groups in total. The molecular weight excluding hydrogens is 366 g/mol. The molecule has 0 radical (unpaired) electrons. The Hall–Kier alpha value is -2.07. The predicted octanol–water partition coefficient (Wildman–Crippen LogP) is 5.06. The van der Waals surface area contributed by atoms with Gasteiger partial charge in [0.1, 0.15) is 0 Å². The van der Waals surface area contributed by atoms with Gasteiger partial charge in [-0.1, -0.05) is 40.2 Å². The van der Waals surface area contributed by atoms with Crippen LogP contribution in [0.3, 0.4) is 0 Å². The number of allylic oxidation sites excluding steroid dienone is 2. The van der Waals surface area contributed by atoms with E-state index >= 15 is 0 Å². The Morgan fingerprint density at radius 3 is 2.75 bits per heavy atom. The van der Waals surface area contributed by atoms with E-state index in [1.54, 1.807) is 0 Å². The first-order valence-electron chi connectivity index (χ1n) is 8.08. The summed E-state index contributed by atoms with van der Waals surface area (Å²) in [6, 6.07) is 14.6. The Balaban J connectivity index is 1.74. The van der Waals surface area contributed by atoms with Gasteiger partial charge in [0.2, 0.25) is 0 Å². The molecule has 0 spiro atoms. The highest BCUT2D eigenvalue weighted by Gasteiger charge is 2.38. The van der Waals surface area contributed by atoms with Gasteiger partial charge in [-0.3, -0.25) is 0 Å². The van der Waals surface area contributed by atoms with Gasteiger partial charge in [-0.15, -0.1) is 0 Å². The van der Waals surface area contributed by atoms with E-state index in [2.05, 4.69) is 57.7 Å². The standard InChI is InChI=1S/C20H18BrNO2/c1-24-20(23)13-7-10-18-17(11-13)15-3-2-4-16(15)19(22-18)12-5-8-14(21)9-6-12/h2-3,5-11,15-16,19,22H,4H2,1H3. The number of hydrogen-bond acceptors (Lipinski definition) is 3. The van der Waals surface area contributed by atoms with Gasteiger partial charge in [-0.05, 0) is 53.8 Å². The normalized spacial score (nSPS) is 24.0. The first-order chi connectivity index (χ1) is 11.7. The number of esters is 1. The molecule has 24 heavy (non-hydrogen) atoms. The lowest BCUT2D eigenvalue weighted by Gasteiger charge is -2.37. The van der Waals surface area contributed by atoms with E-state index in [-0.39, 0.29) is 12.0 Å². The lowest BCUT2D eigenvalue weighted by Crippen LogP contribution is -2.29. The highest BCUT2D eigenvalue weighted by Crippen LogP contribution is 2.50. The molecule has 0 saturated heterocycles. The van der Waals surface area contributed by atoms with E-state index in [4.69, 9.17) is 4.74 Å². The molecule has 3 unspecified atom stereocenters. The summed E-state index contributed by atoms with van der Waals surface area (Å²) in [5.41, 5.74) is 4.19. The van der Waals surface area contributed by atoms with E-state index in [0.29, 0.717) is 17.4 Å². The van der Waals surface area contributed by atoms with Crippen molar-refractivity contribution >= 4 is 27.6 Å². The maximum Gasteiger partial charge on any atom is 0.337 e. The van der Waals surface area contributed by atoms with Gasteiger partial charge in [0.05, 0.1) is 18.7 Å². The van der Waals surface area contributed by atoms with Crippen LogP contribution in [0.4, 0.5) is 5.69 Å². The maximum atomic E-state index is 11.8. The number of nitrogens with one attached hydrogen (secondary N) is 1. The zero-order valence-corrected chi connectivity index (χ0v) is 14.9. The first kappa shape index (κ1) is 15.5. The van der Waals surface area contributed by atoms with Gasteiger partial charge in [-0.25, -0.2) is 4.79 Å². The molecule has 1 aliphatic carbocycles. The molecule has 0 amide bonds. The summed E-state index contributed by atoms with van der Waals surface area (Å²) in [6.45, 7) is 0. The molecule has 0 fully saturated rings. The minimum Gasteiger partial charge on any atom is -0.465 e. The SMILES string of the molecule is COC(=O)c1ccc2c(c1)C1C=CCC1C(c1ccc(Br)cc1)N2. The van der Waals surface area contributed by atoms with Crippen molar-refractivity contribution in [2.75, 3.05) is 12.4 Å². The third-order valence-electron chi connectivity index (χ3n) is 5.01. The summed E-state index contributed by atoms with van der Waals surface area (Å²) in [5, 5.41) is 3.68. The molecule has 4 rings (SSSR count). The van der Waals surface area contributed by atoms with E-state index in [1.807, 2.05) is 18.2 Å². The Morgan fingerprint density at radius 2 is 2.00 bits per heavy atom. The van der Waals surface area contributed by atoms with E-state index in [1.165, 1.54) is 18.2 Å². The molecule has 2 aliphatic rings. The summed E-state index contributed by atoms with van der Waals surface area (Å²) < 4.78 is 5.95. The molecule has 0 saturated carbocycles. The highest BCUT2D eigenvalue weighted by molar-refractivity contribution is 9.10. The highest BCUT2D eigenvalue weighted by atomic mass is 79.9. The van der Waals surface area contributed by atoms with Gasteiger partial charge in [-0.2, -0.15) is 0 Å². The quantitative estimate of drug-likeness (QED) is 0.581. The molecule has 1 aliphatic heterocycles. The number of anilines is 1. The monoisotopic (exact) mass is 383 g/mol. The van der Waals surface area contributed by atoms with Crippen LogP contribution in [0, 0.1) is 5.92 Å². The molecule has 3 atom stereocenters. The number of halogens is 1. The number of hydrogen-bond donors (Lipinski definition) is 1. The van der Waals surface area contributed by atoms with Crippen LogP contribution in [-0.2, 0) is 4.74 Å². The van der Waals surface area contributed by atoms with Crippen molar-refractivity contribution in [3.05, 3.63) is 75.8 Å². The minimum atomic E-state index is -0.286. The van der Waals surface area contributed by atoms with Crippen LogP contribution < -0.4 is 5.32 Å². The maximum absolute atomic E-state index is 11.8. The largest absolute Gasteiger partial charge is 0.465 e. The van der Waals surface area contributed by atoms with Gasteiger partial charge >= 0.3 is 5.97 Å². The van der Waals surface area contributed by atoms with Crippen LogP contribution in [0.5, 0.6) is 0 Å². The Morgan fingerprint density at radius 1 is 1.21 bits per heavy atom. The lowest BCUT2D eigenvalue weighted by atomic mass is 9.76. The van der Waals surface area contributed by atoms with Crippen LogP contribution in [0.25, 0.3) is 0 Å². The third kappa shape index (κ3) is 2.55. The summed E-state index contributed by atoms with van der Waals surface area (Å²) in [7, 11) is 1.42. The van der Waals surface area contributed by atoms with Gasteiger partial charge in [0.15, 0.2) is 0 Å². The van der Waals surface area contributed by atoms with Crippen LogP contribution in [0.15, 0.2) is 59.1 Å². The zero-order valence-electron chi connectivity index (χ0n) is 13.3. The van der Waals surface area contributed by atoms with Crippen molar-refractivity contribution in [3.63, 3.8) is 0 Å². The van der Waals surface area contributed by atoms with Crippen LogP contribution in [-0.4, -0.2) is 13.1 Å². The number of benzene rings is 2. The molecule has 0 bridgehead atoms. The molecule has 2 aromatic rings. The van der Waals surface area contributed by atoms with Crippen LogP contribution >= 0.6 is 15.9 Å². The second kappa shape index (κ2) is 6.10. The predicted molar refractivity (Wildman–Crippen MR) is 98.3 cm³/mol. The van der Waals surface area contributed by atoms with E-state index in [9.17, 15) is 4.79 Å². The Kier molecular flexibility index (Phi) is 3.93. The van der Waals surface area contributed by atoms with Crippen molar-refractivity contribution in [2.45, 2.75) is 18.4 Å². The minimum absolute atomic E-state index is 0.273. The first-order valence-corrected chi connectivity index (χ1v) is 8.87. The van der Waals surface area contributed by atoms with Crippen LogP contribution in [0.1, 0.15) is 39.9 Å². The summed E-state index contributed by atoms with van der Waals surface area (Å²) >= 11 is 3.50. The number of carbonyl (C=O) groups excluding carboxylic acids is 1. The number of rotatable bonds is 2. The average molecular weight is 384 g/mol. The second-order valence-electron chi connectivity index (χ2n) is 6.32. The Bertz CT molecular complexity index is 813. The average Bonchev–Trinajstić information content (AvgIpc) is 3.11. The summed E-state index contributed by atoms with van der Waals surface area (Å²) in [5.74, 6) is 0.512. The van der Waals surface area contributed by atoms with Crippen molar-refractivity contribution in [1.29, 1.82) is 0 Å². The van der Waals surface area contributed by atoms with Crippen molar-refractivity contribution < 1.29 is 9.53 Å². The third-order valence-corrected chi connectivity index (χ3v) is 5.54. The van der Waals surface area contributed by atoms with E-state index < -0.39 is 0 Å². The topological polar surface area (TPSA) is 38.3 Å². The molecule has 0 aromatic heterocycles. The van der Waals surface area contributed by atoms with Crippen molar-refractivity contribution in [2.24, 2.45) is 5.92 Å². The van der Waals surface area contributed by atoms with Gasteiger partial charge < -0.3 is 10.1 Å². The number of ether oxygens (including phenoxy) is 1. The molecule has 4 heteroatoms. The smallest absolute Gasteiger partial charge is 0.337 e. The second-order valence-corrected chi connectivity index (χ2v) is 7.24. The summed E-state index contributed by atoms with van der Waals surface area (Å²) in [4.78, 5) is 11.8. The number of methoxy groups -OCH3 is 1. The van der Waals surface area contributed by atoms with Crippen LogP contribution in [0.2, 0.25) is 0 Å². The van der Waals surface area contributed by atoms with Gasteiger partial charge in [0, 0.05) is 16.1 Å². The van der Waals surface area contributed by atoms with E-state index in [0.717, 1.165) is 16.6 Å². The van der Waals surface area contributed by atoms with Crippen molar-refractivity contribution in [1.82, 2.24) is 0 Å². The lowest BCUT2D eigenvalue weighted by molar-refractivity contribution is 0.0600. The fourth-order valence-corrected chi connectivity index (χ4v) is 4.10. The molecule has 3 nitrogen and oxygen atoms in total. The summed E-state index contributed by atoms with van der Waals surface area (Å²) in [6.07, 6.45) is 5.57. The molecular formula is C20H18BrNO2. The van der Waals surface area contributed by atoms with Gasteiger partial charge in [0.25, 0.3) is 0 Å². The fraction of sp³-hybridized carbons (Fsp3) is 0.250. The number of fused-ring (bicyclic) bond motifs is 3. The number of carbonyl (C=O) groups is 1. The Labute approximate surface area is 149 Å². The molecule has 122 valence electrons. The fourth-order valence-electron chi connectivity index (χ4n) is 3.84. The zero-order chi connectivity index (χ0) is 16.7.